The van der Waals surface area contributed by atoms with Gasteiger partial charge in [-0.1, -0.05) is 42.5 Å². The molecule has 0 saturated carbocycles. The highest BCUT2D eigenvalue weighted by atomic mass is 19.2. The Kier molecular flexibility index (Phi) is 4.84. The van der Waals surface area contributed by atoms with Gasteiger partial charge >= 0.3 is 0 Å². The minimum absolute atomic E-state index is 0.00456. The molecule has 3 aliphatic heterocycles. The normalized spacial score (nSPS) is 26.9. The summed E-state index contributed by atoms with van der Waals surface area (Å²) in [7, 11) is 0. The Labute approximate surface area is 173 Å². The fourth-order valence-corrected chi connectivity index (χ4v) is 5.09. The molecule has 5 rings (SSSR count). The van der Waals surface area contributed by atoms with E-state index in [-0.39, 0.29) is 23.7 Å². The number of likely N-dealkylation sites (tertiary alicyclic amines) is 1. The highest BCUT2D eigenvalue weighted by Gasteiger charge is 2.58. The Morgan fingerprint density at radius 2 is 1.77 bits per heavy atom. The summed E-state index contributed by atoms with van der Waals surface area (Å²) in [5, 5.41) is 10.6. The van der Waals surface area contributed by atoms with Gasteiger partial charge in [-0.05, 0) is 37.3 Å². The Morgan fingerprint density at radius 3 is 2.50 bits per heavy atom. The molecule has 0 aromatic heterocycles. The zero-order valence-corrected chi connectivity index (χ0v) is 16.5. The number of carbonyl (C=O) groups excluding carboxylic acids is 1. The molecule has 30 heavy (non-hydrogen) atoms. The summed E-state index contributed by atoms with van der Waals surface area (Å²) in [5.41, 5.74) is 0.132. The molecule has 1 N–H and O–H groups in total. The molecule has 0 radical (unpaired) electrons. The highest BCUT2D eigenvalue weighted by molar-refractivity contribution is 5.88. The first-order valence-electron chi connectivity index (χ1n) is 10.4. The molecule has 3 heterocycles. The van der Waals surface area contributed by atoms with Crippen molar-refractivity contribution in [1.82, 2.24) is 9.80 Å². The van der Waals surface area contributed by atoms with Gasteiger partial charge in [-0.25, -0.2) is 8.78 Å². The van der Waals surface area contributed by atoms with Gasteiger partial charge in [0.1, 0.15) is 12.5 Å². The van der Waals surface area contributed by atoms with E-state index in [1.165, 1.54) is 12.1 Å². The number of rotatable bonds is 3. The Hall–Kier alpha value is -2.35. The van der Waals surface area contributed by atoms with Gasteiger partial charge in [0, 0.05) is 18.7 Å². The molecule has 158 valence electrons. The van der Waals surface area contributed by atoms with Crippen LogP contribution in [-0.2, 0) is 9.53 Å². The first kappa shape index (κ1) is 19.6. The van der Waals surface area contributed by atoms with E-state index in [4.69, 9.17) is 4.74 Å². The lowest BCUT2D eigenvalue weighted by atomic mass is 9.89. The summed E-state index contributed by atoms with van der Waals surface area (Å²) < 4.78 is 33.9. The number of piperidine rings is 1. The van der Waals surface area contributed by atoms with Crippen molar-refractivity contribution in [3.63, 3.8) is 0 Å². The second kappa shape index (κ2) is 7.41. The van der Waals surface area contributed by atoms with Crippen LogP contribution in [0.5, 0.6) is 0 Å². The van der Waals surface area contributed by atoms with Gasteiger partial charge < -0.3 is 14.7 Å². The summed E-state index contributed by atoms with van der Waals surface area (Å²) in [5.74, 6) is -2.02. The van der Waals surface area contributed by atoms with E-state index in [0.29, 0.717) is 25.9 Å². The molecule has 1 spiro atoms. The van der Waals surface area contributed by atoms with Crippen molar-refractivity contribution in [2.75, 3.05) is 13.1 Å². The van der Waals surface area contributed by atoms with Crippen molar-refractivity contribution in [2.24, 2.45) is 0 Å². The maximum absolute atomic E-state index is 14.1. The summed E-state index contributed by atoms with van der Waals surface area (Å²) in [6.07, 6.45) is 1.02. The smallest absolute Gasteiger partial charge is 0.257 e. The summed E-state index contributed by atoms with van der Waals surface area (Å²) in [6.45, 7) is 0.721. The van der Waals surface area contributed by atoms with Crippen molar-refractivity contribution in [3.05, 3.63) is 71.3 Å². The molecular weight excluding hydrogens is 390 g/mol. The van der Waals surface area contributed by atoms with Crippen LogP contribution in [-0.4, -0.2) is 45.7 Å². The third kappa shape index (κ3) is 3.04. The standard InChI is InChI=1S/C23H24F2N2O3/c24-17-8-4-7-16(20(17)25)21(28)26-13-11-23(12-14-26)22(29)27-18(9-10-19(27)30-23)15-5-2-1-3-6-15/h1-8,18-19,21,28H,9-14H2/t18-,19+,21?/m0/s1. The third-order valence-electron chi connectivity index (χ3n) is 6.71. The highest BCUT2D eigenvalue weighted by Crippen LogP contribution is 2.48. The zero-order chi connectivity index (χ0) is 20.9. The maximum Gasteiger partial charge on any atom is 0.257 e. The van der Waals surface area contributed by atoms with Crippen molar-refractivity contribution in [1.29, 1.82) is 0 Å². The van der Waals surface area contributed by atoms with Crippen molar-refractivity contribution in [3.8, 4) is 0 Å². The third-order valence-corrected chi connectivity index (χ3v) is 6.71. The van der Waals surface area contributed by atoms with Crippen LogP contribution in [0.3, 0.4) is 0 Å². The number of carbonyl (C=O) groups is 1. The van der Waals surface area contributed by atoms with Crippen LogP contribution >= 0.6 is 0 Å². The molecular formula is C23H24F2N2O3. The van der Waals surface area contributed by atoms with E-state index in [2.05, 4.69) is 0 Å². The van der Waals surface area contributed by atoms with Crippen molar-refractivity contribution in [2.45, 2.75) is 49.8 Å². The number of nitrogens with zero attached hydrogens (tertiary/aromatic N) is 2. The van der Waals surface area contributed by atoms with Crippen molar-refractivity contribution >= 4 is 5.91 Å². The van der Waals surface area contributed by atoms with Crippen LogP contribution in [0.4, 0.5) is 8.78 Å². The lowest BCUT2D eigenvalue weighted by molar-refractivity contribution is -0.147. The maximum atomic E-state index is 14.1. The predicted octanol–water partition coefficient (Wildman–Crippen LogP) is 3.51. The van der Waals surface area contributed by atoms with Crippen LogP contribution in [0.2, 0.25) is 0 Å². The number of hydrogen-bond donors (Lipinski definition) is 1. The topological polar surface area (TPSA) is 53.0 Å². The zero-order valence-electron chi connectivity index (χ0n) is 16.5. The molecule has 0 aliphatic carbocycles. The summed E-state index contributed by atoms with van der Waals surface area (Å²) in [4.78, 5) is 17.0. The fraction of sp³-hybridized carbons (Fsp3) is 0.435. The summed E-state index contributed by atoms with van der Waals surface area (Å²) in [6, 6.07) is 13.8. The minimum Gasteiger partial charge on any atom is -0.374 e. The van der Waals surface area contributed by atoms with Crippen LogP contribution in [0, 0.1) is 11.6 Å². The van der Waals surface area contributed by atoms with E-state index in [9.17, 15) is 18.7 Å². The average Bonchev–Trinajstić information content (AvgIpc) is 3.29. The van der Waals surface area contributed by atoms with Crippen LogP contribution in [0.1, 0.15) is 49.1 Å². The van der Waals surface area contributed by atoms with Gasteiger partial charge in [-0.3, -0.25) is 9.69 Å². The number of benzene rings is 2. The van der Waals surface area contributed by atoms with Crippen LogP contribution < -0.4 is 0 Å². The number of aliphatic hydroxyl groups excluding tert-OH is 1. The van der Waals surface area contributed by atoms with Gasteiger partial charge in [0.2, 0.25) is 0 Å². The van der Waals surface area contributed by atoms with Gasteiger partial charge in [-0.15, -0.1) is 0 Å². The number of halogens is 2. The second-order valence-electron chi connectivity index (χ2n) is 8.34. The molecule has 0 bridgehead atoms. The largest absolute Gasteiger partial charge is 0.374 e. The summed E-state index contributed by atoms with van der Waals surface area (Å²) >= 11 is 0. The van der Waals surface area contributed by atoms with Crippen molar-refractivity contribution < 1.29 is 23.4 Å². The molecule has 3 fully saturated rings. The Balaban J connectivity index is 1.31. The molecule has 3 saturated heterocycles. The number of aliphatic hydroxyl groups is 1. The van der Waals surface area contributed by atoms with Crippen LogP contribution in [0.15, 0.2) is 48.5 Å². The fourth-order valence-electron chi connectivity index (χ4n) is 5.09. The van der Waals surface area contributed by atoms with Crippen LogP contribution in [0.25, 0.3) is 0 Å². The number of fused-ring (bicyclic) bond motifs is 1. The SMILES string of the molecule is O=C1N2[C@@H](CC[C@H]2c2ccccc2)OC12CCN(C(O)c1cccc(F)c1F)CC2. The van der Waals surface area contributed by atoms with E-state index in [1.807, 2.05) is 35.2 Å². The molecule has 5 nitrogen and oxygen atoms in total. The Morgan fingerprint density at radius 1 is 1.03 bits per heavy atom. The quantitative estimate of drug-likeness (QED) is 0.835. The average molecular weight is 414 g/mol. The van der Waals surface area contributed by atoms with Gasteiger partial charge in [0.15, 0.2) is 17.2 Å². The monoisotopic (exact) mass is 414 g/mol. The van der Waals surface area contributed by atoms with Gasteiger partial charge in [-0.2, -0.15) is 0 Å². The molecule has 3 aliphatic rings. The van der Waals surface area contributed by atoms with Gasteiger partial charge in [0.25, 0.3) is 5.91 Å². The van der Waals surface area contributed by atoms with E-state index in [1.54, 1.807) is 4.90 Å². The second-order valence-corrected chi connectivity index (χ2v) is 8.34. The van der Waals surface area contributed by atoms with E-state index in [0.717, 1.165) is 24.5 Å². The molecule has 1 unspecified atom stereocenters. The number of hydrogen-bond acceptors (Lipinski definition) is 4. The minimum atomic E-state index is -1.26. The molecule has 2 aromatic rings. The Bertz CT molecular complexity index is 947. The molecule has 7 heteroatoms. The lowest BCUT2D eigenvalue weighted by Gasteiger charge is -2.39. The van der Waals surface area contributed by atoms with Gasteiger partial charge in [0.05, 0.1) is 6.04 Å². The van der Waals surface area contributed by atoms with E-state index >= 15 is 0 Å². The first-order valence-corrected chi connectivity index (χ1v) is 10.4. The predicted molar refractivity (Wildman–Crippen MR) is 105 cm³/mol. The lowest BCUT2D eigenvalue weighted by Crippen LogP contribution is -2.51. The van der Waals surface area contributed by atoms with E-state index < -0.39 is 23.5 Å². The number of ether oxygens (including phenoxy) is 1. The molecule has 3 atom stereocenters. The first-order chi connectivity index (χ1) is 14.5. The molecule has 2 aromatic carbocycles. The number of amides is 1. The molecule has 1 amide bonds.